The summed E-state index contributed by atoms with van der Waals surface area (Å²) < 4.78 is 36.9. The summed E-state index contributed by atoms with van der Waals surface area (Å²) in [6.07, 6.45) is 8.78. The summed E-state index contributed by atoms with van der Waals surface area (Å²) in [6.45, 7) is 3.77. The highest BCUT2D eigenvalue weighted by Gasteiger charge is 2.44. The number of halogens is 1. The third-order valence-corrected chi connectivity index (χ3v) is 13.2. The van der Waals surface area contributed by atoms with Gasteiger partial charge in [0.25, 0.3) is 5.91 Å². The maximum Gasteiger partial charge on any atom is 0.264 e. The van der Waals surface area contributed by atoms with Gasteiger partial charge in [0.2, 0.25) is 10.0 Å². The molecule has 4 aliphatic rings. The highest BCUT2D eigenvalue weighted by atomic mass is 35.5. The van der Waals surface area contributed by atoms with Crippen molar-refractivity contribution < 1.29 is 23.1 Å². The second kappa shape index (κ2) is 12.9. The highest BCUT2D eigenvalue weighted by molar-refractivity contribution is 7.90. The lowest BCUT2D eigenvalue weighted by Gasteiger charge is -2.45. The van der Waals surface area contributed by atoms with E-state index in [4.69, 9.17) is 16.3 Å². The first-order valence-electron chi connectivity index (χ1n) is 16.9. The van der Waals surface area contributed by atoms with Crippen molar-refractivity contribution in [1.29, 1.82) is 0 Å². The van der Waals surface area contributed by atoms with Crippen molar-refractivity contribution in [2.45, 2.75) is 68.6 Å². The Morgan fingerprint density at radius 3 is 2.70 bits per heavy atom. The Kier molecular flexibility index (Phi) is 8.87. The van der Waals surface area contributed by atoms with E-state index in [1.54, 1.807) is 18.2 Å². The molecule has 2 N–H and O–H groups in total. The van der Waals surface area contributed by atoms with Gasteiger partial charge in [0.15, 0.2) is 0 Å². The van der Waals surface area contributed by atoms with Crippen molar-refractivity contribution in [2.75, 3.05) is 24.6 Å². The molecule has 9 heteroatoms. The summed E-state index contributed by atoms with van der Waals surface area (Å²) >= 11 is 6.42. The smallest absolute Gasteiger partial charge is 0.264 e. The summed E-state index contributed by atoms with van der Waals surface area (Å²) in [7, 11) is -4.07. The molecule has 2 aliphatic carbocycles. The van der Waals surface area contributed by atoms with Crippen LogP contribution in [0.25, 0.3) is 0 Å². The lowest BCUT2D eigenvalue weighted by molar-refractivity contribution is 0.0456. The van der Waals surface area contributed by atoms with E-state index in [0.29, 0.717) is 31.9 Å². The van der Waals surface area contributed by atoms with Crippen LogP contribution in [0.4, 0.5) is 5.69 Å². The second-order valence-corrected chi connectivity index (χ2v) is 16.5. The van der Waals surface area contributed by atoms with Crippen LogP contribution in [0.5, 0.6) is 5.75 Å². The third-order valence-electron chi connectivity index (χ3n) is 11.1. The molecule has 7 nitrogen and oxygen atoms in total. The van der Waals surface area contributed by atoms with Crippen LogP contribution in [-0.4, -0.2) is 50.5 Å². The van der Waals surface area contributed by atoms with E-state index in [9.17, 15) is 18.3 Å². The van der Waals surface area contributed by atoms with E-state index in [0.717, 1.165) is 48.4 Å². The van der Waals surface area contributed by atoms with Crippen LogP contribution in [-0.2, 0) is 28.3 Å². The number of allylic oxidation sites excluding steroid dienone is 1. The Balaban J connectivity index is 1.28. The molecule has 2 heterocycles. The van der Waals surface area contributed by atoms with Gasteiger partial charge in [-0.25, -0.2) is 13.1 Å². The number of rotatable bonds is 2. The first-order chi connectivity index (χ1) is 22.6. The van der Waals surface area contributed by atoms with Gasteiger partial charge in [-0.1, -0.05) is 67.1 Å². The Bertz CT molecular complexity index is 1780. The summed E-state index contributed by atoms with van der Waals surface area (Å²) in [5.41, 5.74) is 4.17. The summed E-state index contributed by atoms with van der Waals surface area (Å²) in [5, 5.41) is 11.2. The second-order valence-electron chi connectivity index (χ2n) is 14.1. The van der Waals surface area contributed by atoms with E-state index in [1.807, 2.05) is 55.5 Å². The molecule has 1 saturated carbocycles. The van der Waals surface area contributed by atoms with Gasteiger partial charge in [-0.3, -0.25) is 4.79 Å². The zero-order valence-corrected chi connectivity index (χ0v) is 28.3. The number of anilines is 1. The van der Waals surface area contributed by atoms with Gasteiger partial charge in [0.05, 0.1) is 23.6 Å². The van der Waals surface area contributed by atoms with E-state index in [1.165, 1.54) is 11.1 Å². The van der Waals surface area contributed by atoms with Gasteiger partial charge in [-0.15, -0.1) is 0 Å². The topological polar surface area (TPSA) is 95.9 Å². The Hall–Kier alpha value is -3.33. The Morgan fingerprint density at radius 1 is 1.09 bits per heavy atom. The molecule has 1 fully saturated rings. The zero-order valence-electron chi connectivity index (χ0n) is 26.8. The fourth-order valence-electron chi connectivity index (χ4n) is 8.26. The number of hydrogen-bond acceptors (Lipinski definition) is 6. The molecule has 2 aliphatic heterocycles. The van der Waals surface area contributed by atoms with Crippen LogP contribution in [0.15, 0.2) is 78.9 Å². The number of nitrogens with zero attached hydrogens (tertiary/aromatic N) is 1. The quantitative estimate of drug-likeness (QED) is 0.303. The average molecular weight is 675 g/mol. The van der Waals surface area contributed by atoms with Gasteiger partial charge < -0.3 is 14.7 Å². The first kappa shape index (κ1) is 32.2. The molecule has 248 valence electrons. The molecule has 1 spiro atoms. The largest absolute Gasteiger partial charge is 0.490 e. The molecule has 1 amide bonds. The van der Waals surface area contributed by atoms with Crippen molar-refractivity contribution in [2.24, 2.45) is 17.8 Å². The fraction of sp³-hybridized carbons (Fsp3) is 0.447. The number of aliphatic hydroxyl groups is 1. The third kappa shape index (κ3) is 6.44. The van der Waals surface area contributed by atoms with Crippen LogP contribution >= 0.6 is 11.6 Å². The molecule has 6 atom stereocenters. The van der Waals surface area contributed by atoms with E-state index >= 15 is 0 Å². The molecule has 0 aromatic heterocycles. The number of carbonyl (C=O) groups is 1. The number of aliphatic hydroxyl groups excluding tert-OH is 1. The lowest BCUT2D eigenvalue weighted by Crippen LogP contribution is -2.49. The SMILES string of the molecule is C[C@H]1C/C=C/[C@H](O)[C@@H]2CC[C@H]2CN2C[C@@]3(CCCc4cc(Cl)ccc43)COc3ccc(cc32)C(=O)NS(=O)(=O)[C@@H]1Cc1ccccc1. The minimum absolute atomic E-state index is 0.103. The lowest BCUT2D eigenvalue weighted by atomic mass is 9.68. The summed E-state index contributed by atoms with van der Waals surface area (Å²) in [5.74, 6) is 0.102. The average Bonchev–Trinajstić information content (AvgIpc) is 3.18. The van der Waals surface area contributed by atoms with Crippen molar-refractivity contribution in [3.05, 3.63) is 106 Å². The number of fused-ring (bicyclic) bond motifs is 4. The van der Waals surface area contributed by atoms with Gasteiger partial charge >= 0.3 is 0 Å². The predicted molar refractivity (Wildman–Crippen MR) is 186 cm³/mol. The van der Waals surface area contributed by atoms with Crippen molar-refractivity contribution in [1.82, 2.24) is 4.72 Å². The number of nitrogens with one attached hydrogen (secondary N) is 1. The zero-order chi connectivity index (χ0) is 32.8. The standard InChI is InChI=1S/C38H43ClN2O5S/c1-25-7-5-11-34(42)31-15-12-29(31)22-41-23-38(18-6-10-27-20-30(39)14-16-32(27)38)24-46-35-17-13-28(21-33(35)41)37(43)40-47(44,45)36(25)19-26-8-3-2-4-9-26/h2-5,8-9,11,13-14,16-17,20-21,25,29,31,34,36,42H,6-7,10,12,15,18-19,22-24H2,1H3,(H,40,43)/b11-5+/t25-,29-,31+,34-,36+,38-/m0/s1. The van der Waals surface area contributed by atoms with E-state index in [2.05, 4.69) is 21.8 Å². The maximum atomic E-state index is 13.9. The predicted octanol–water partition coefficient (Wildman–Crippen LogP) is 6.47. The molecule has 0 saturated heterocycles. The summed E-state index contributed by atoms with van der Waals surface area (Å²) in [4.78, 5) is 16.1. The van der Waals surface area contributed by atoms with Crippen molar-refractivity contribution >= 4 is 33.2 Å². The minimum Gasteiger partial charge on any atom is -0.490 e. The van der Waals surface area contributed by atoms with E-state index in [-0.39, 0.29) is 35.2 Å². The van der Waals surface area contributed by atoms with Gasteiger partial charge in [-0.2, -0.15) is 0 Å². The Morgan fingerprint density at radius 2 is 1.91 bits per heavy atom. The van der Waals surface area contributed by atoms with Crippen LogP contribution in [0, 0.1) is 17.8 Å². The fourth-order valence-corrected chi connectivity index (χ4v) is 10.1. The summed E-state index contributed by atoms with van der Waals surface area (Å²) in [6, 6.07) is 20.9. The normalized spacial score (nSPS) is 30.9. The Labute approximate surface area is 283 Å². The number of benzene rings is 3. The van der Waals surface area contributed by atoms with Gasteiger partial charge in [0, 0.05) is 29.1 Å². The monoisotopic (exact) mass is 674 g/mol. The number of carbonyl (C=O) groups excluding carboxylic acids is 1. The van der Waals surface area contributed by atoms with Crippen LogP contribution in [0.3, 0.4) is 0 Å². The molecule has 0 radical (unpaired) electrons. The van der Waals surface area contributed by atoms with Crippen molar-refractivity contribution in [3.8, 4) is 5.75 Å². The number of hydrogen-bond donors (Lipinski definition) is 2. The molecule has 2 bridgehead atoms. The molecule has 0 unspecified atom stereocenters. The van der Waals surface area contributed by atoms with Crippen LogP contribution in [0.1, 0.15) is 66.1 Å². The molecule has 3 aromatic rings. The van der Waals surface area contributed by atoms with E-state index < -0.39 is 27.3 Å². The minimum atomic E-state index is -4.07. The van der Waals surface area contributed by atoms with Crippen molar-refractivity contribution in [3.63, 3.8) is 0 Å². The molecular weight excluding hydrogens is 632 g/mol. The molecular formula is C38H43ClN2O5S. The number of sulfonamides is 1. The number of amides is 1. The molecule has 47 heavy (non-hydrogen) atoms. The van der Waals surface area contributed by atoms with Gasteiger partial charge in [-0.05, 0) is 110 Å². The van der Waals surface area contributed by atoms with Crippen LogP contribution < -0.4 is 14.4 Å². The van der Waals surface area contributed by atoms with Gasteiger partial charge in [0.1, 0.15) is 5.75 Å². The maximum absolute atomic E-state index is 13.9. The molecule has 7 rings (SSSR count). The van der Waals surface area contributed by atoms with Crippen LogP contribution in [0.2, 0.25) is 5.02 Å². The highest BCUT2D eigenvalue weighted by Crippen LogP contribution is 2.46. The number of ether oxygens (including phenoxy) is 1. The number of aryl methyl sites for hydroxylation is 1. The first-order valence-corrected chi connectivity index (χ1v) is 18.8. The molecule has 3 aromatic carbocycles.